The molecule has 0 saturated heterocycles. The molecule has 0 bridgehead atoms. The van der Waals surface area contributed by atoms with Crippen molar-refractivity contribution in [3.05, 3.63) is 71.6 Å². The molecule has 0 radical (unpaired) electrons. The summed E-state index contributed by atoms with van der Waals surface area (Å²) in [7, 11) is 0. The van der Waals surface area contributed by atoms with E-state index in [9.17, 15) is 9.59 Å². The molecule has 4 rings (SSSR count). The number of hydrogen-bond acceptors (Lipinski definition) is 5. The molecule has 2 aromatic rings. The van der Waals surface area contributed by atoms with Gasteiger partial charge in [-0.15, -0.1) is 0 Å². The lowest BCUT2D eigenvalue weighted by atomic mass is 10.1. The normalized spacial score (nSPS) is 16.4. The van der Waals surface area contributed by atoms with E-state index in [-0.39, 0.29) is 11.7 Å². The molecule has 130 valence electrons. The SMILES string of the molecule is CC(=O)Nc1ccc(C(=O)/C=C2\Nc3ccccc3C3=NCCN32)cc1. The zero-order valence-corrected chi connectivity index (χ0v) is 14.3. The Morgan fingerprint density at radius 3 is 2.69 bits per heavy atom. The molecule has 0 spiro atoms. The van der Waals surface area contributed by atoms with Gasteiger partial charge in [0.05, 0.1) is 12.2 Å². The first-order chi connectivity index (χ1) is 12.6. The Hall–Kier alpha value is -3.41. The Balaban J connectivity index is 1.61. The van der Waals surface area contributed by atoms with E-state index >= 15 is 0 Å². The van der Waals surface area contributed by atoms with Crippen molar-refractivity contribution in [1.82, 2.24) is 4.90 Å². The van der Waals surface area contributed by atoms with E-state index in [4.69, 9.17) is 0 Å². The summed E-state index contributed by atoms with van der Waals surface area (Å²) >= 11 is 0. The summed E-state index contributed by atoms with van der Waals surface area (Å²) in [6.45, 7) is 2.91. The summed E-state index contributed by atoms with van der Waals surface area (Å²) in [6, 6.07) is 14.8. The van der Waals surface area contributed by atoms with Gasteiger partial charge in [-0.25, -0.2) is 0 Å². The third kappa shape index (κ3) is 2.97. The number of nitrogens with one attached hydrogen (secondary N) is 2. The number of aliphatic imine (C=N–C) groups is 1. The van der Waals surface area contributed by atoms with Crippen LogP contribution >= 0.6 is 0 Å². The zero-order valence-electron chi connectivity index (χ0n) is 14.3. The quantitative estimate of drug-likeness (QED) is 0.662. The Morgan fingerprint density at radius 1 is 1.15 bits per heavy atom. The van der Waals surface area contributed by atoms with E-state index < -0.39 is 0 Å². The molecule has 2 heterocycles. The molecular formula is C20H18N4O2. The van der Waals surface area contributed by atoms with Crippen LogP contribution in [0.25, 0.3) is 0 Å². The predicted octanol–water partition coefficient (Wildman–Crippen LogP) is 2.86. The number of benzene rings is 2. The van der Waals surface area contributed by atoms with Crippen LogP contribution in [0.5, 0.6) is 0 Å². The molecule has 0 fully saturated rings. The third-order valence-electron chi connectivity index (χ3n) is 4.32. The molecular weight excluding hydrogens is 328 g/mol. The molecule has 0 aromatic heterocycles. The molecule has 1 amide bonds. The molecule has 26 heavy (non-hydrogen) atoms. The number of nitrogens with zero attached hydrogens (tertiary/aromatic N) is 2. The smallest absolute Gasteiger partial charge is 0.221 e. The molecule has 2 aliphatic heterocycles. The summed E-state index contributed by atoms with van der Waals surface area (Å²) in [4.78, 5) is 30.4. The molecule has 0 aliphatic carbocycles. The molecule has 6 heteroatoms. The average Bonchev–Trinajstić information content (AvgIpc) is 3.12. The lowest BCUT2D eigenvalue weighted by molar-refractivity contribution is -0.114. The Morgan fingerprint density at radius 2 is 1.92 bits per heavy atom. The zero-order chi connectivity index (χ0) is 18.1. The van der Waals surface area contributed by atoms with E-state index in [1.165, 1.54) is 6.92 Å². The highest BCUT2D eigenvalue weighted by atomic mass is 16.1. The molecule has 0 saturated carbocycles. The number of rotatable bonds is 3. The van der Waals surface area contributed by atoms with Gasteiger partial charge in [-0.05, 0) is 36.4 Å². The first-order valence-electron chi connectivity index (χ1n) is 8.44. The van der Waals surface area contributed by atoms with Gasteiger partial charge in [0, 0.05) is 36.4 Å². The van der Waals surface area contributed by atoms with Crippen molar-refractivity contribution < 1.29 is 9.59 Å². The highest BCUT2D eigenvalue weighted by Gasteiger charge is 2.29. The number of carbonyl (C=O) groups is 2. The Labute approximate surface area is 151 Å². The first-order valence-corrected chi connectivity index (χ1v) is 8.44. The van der Waals surface area contributed by atoms with Crippen molar-refractivity contribution in [3.8, 4) is 0 Å². The number of para-hydroxylation sites is 1. The van der Waals surface area contributed by atoms with Crippen molar-refractivity contribution in [2.45, 2.75) is 6.92 Å². The van der Waals surface area contributed by atoms with Crippen LogP contribution in [0.15, 0.2) is 65.4 Å². The van der Waals surface area contributed by atoms with Crippen LogP contribution in [0.2, 0.25) is 0 Å². The fraction of sp³-hybridized carbons (Fsp3) is 0.150. The van der Waals surface area contributed by atoms with Gasteiger partial charge in [0.2, 0.25) is 5.91 Å². The van der Waals surface area contributed by atoms with Gasteiger partial charge >= 0.3 is 0 Å². The van der Waals surface area contributed by atoms with Crippen LogP contribution in [-0.2, 0) is 4.79 Å². The van der Waals surface area contributed by atoms with E-state index in [0.717, 1.165) is 29.5 Å². The second-order valence-electron chi connectivity index (χ2n) is 6.18. The van der Waals surface area contributed by atoms with Gasteiger partial charge in [0.1, 0.15) is 11.7 Å². The van der Waals surface area contributed by atoms with Crippen LogP contribution in [0.1, 0.15) is 22.8 Å². The van der Waals surface area contributed by atoms with Crippen molar-refractivity contribution in [3.63, 3.8) is 0 Å². The molecule has 2 aromatic carbocycles. The topological polar surface area (TPSA) is 73.8 Å². The number of amidine groups is 1. The van der Waals surface area contributed by atoms with Gasteiger partial charge in [-0.2, -0.15) is 0 Å². The summed E-state index contributed by atoms with van der Waals surface area (Å²) < 4.78 is 0. The third-order valence-corrected chi connectivity index (χ3v) is 4.32. The fourth-order valence-corrected chi connectivity index (χ4v) is 3.15. The van der Waals surface area contributed by atoms with Crippen molar-refractivity contribution in [1.29, 1.82) is 0 Å². The standard InChI is InChI=1S/C20H18N4O2/c1-13(25)22-15-8-6-14(7-9-15)18(26)12-19-23-17-5-3-2-4-16(17)20-21-10-11-24(19)20/h2-9,12,23H,10-11H2,1H3,(H,22,25)/b19-12+. The summed E-state index contributed by atoms with van der Waals surface area (Å²) in [5.41, 5.74) is 3.23. The first kappa shape index (κ1) is 16.1. The van der Waals surface area contributed by atoms with Crippen LogP contribution in [0, 0.1) is 0 Å². The van der Waals surface area contributed by atoms with Crippen molar-refractivity contribution in [2.75, 3.05) is 23.7 Å². The molecule has 2 N–H and O–H groups in total. The number of anilines is 2. The van der Waals surface area contributed by atoms with Crippen molar-refractivity contribution in [2.24, 2.45) is 4.99 Å². The van der Waals surface area contributed by atoms with E-state index in [2.05, 4.69) is 15.6 Å². The summed E-state index contributed by atoms with van der Waals surface area (Å²) in [6.07, 6.45) is 1.60. The van der Waals surface area contributed by atoms with Crippen molar-refractivity contribution >= 4 is 28.9 Å². The molecule has 2 aliphatic rings. The fourth-order valence-electron chi connectivity index (χ4n) is 3.15. The second-order valence-corrected chi connectivity index (χ2v) is 6.18. The van der Waals surface area contributed by atoms with Gasteiger partial charge in [-0.3, -0.25) is 14.6 Å². The minimum atomic E-state index is -0.142. The lowest BCUT2D eigenvalue weighted by Crippen LogP contribution is -2.36. The van der Waals surface area contributed by atoms with Crippen LogP contribution in [0.3, 0.4) is 0 Å². The number of carbonyl (C=O) groups excluding carboxylic acids is 2. The predicted molar refractivity (Wildman–Crippen MR) is 101 cm³/mol. The molecule has 0 atom stereocenters. The van der Waals surface area contributed by atoms with E-state index in [1.807, 2.05) is 29.2 Å². The Bertz CT molecular complexity index is 945. The van der Waals surface area contributed by atoms with E-state index in [0.29, 0.717) is 17.8 Å². The molecule has 6 nitrogen and oxygen atoms in total. The van der Waals surface area contributed by atoms with Crippen LogP contribution < -0.4 is 10.6 Å². The Kier molecular flexibility index (Phi) is 4.01. The largest absolute Gasteiger partial charge is 0.341 e. The number of allylic oxidation sites excluding steroid dienone is 1. The maximum Gasteiger partial charge on any atom is 0.221 e. The minimum Gasteiger partial charge on any atom is -0.341 e. The van der Waals surface area contributed by atoms with Gasteiger partial charge in [0.15, 0.2) is 5.78 Å². The maximum atomic E-state index is 12.7. The minimum absolute atomic E-state index is 0.104. The van der Waals surface area contributed by atoms with Gasteiger partial charge < -0.3 is 15.5 Å². The monoisotopic (exact) mass is 346 g/mol. The maximum absolute atomic E-state index is 12.7. The lowest BCUT2D eigenvalue weighted by Gasteiger charge is -2.31. The number of fused-ring (bicyclic) bond motifs is 3. The average molecular weight is 346 g/mol. The second kappa shape index (κ2) is 6.48. The van der Waals surface area contributed by atoms with Gasteiger partial charge in [0.25, 0.3) is 0 Å². The van der Waals surface area contributed by atoms with Crippen LogP contribution in [0.4, 0.5) is 11.4 Å². The van der Waals surface area contributed by atoms with Crippen LogP contribution in [-0.4, -0.2) is 35.5 Å². The number of ketones is 1. The van der Waals surface area contributed by atoms with E-state index in [1.54, 1.807) is 30.3 Å². The number of amides is 1. The number of hydrogen-bond donors (Lipinski definition) is 2. The summed E-state index contributed by atoms with van der Waals surface area (Å²) in [5.74, 6) is 1.39. The highest BCUT2D eigenvalue weighted by Crippen LogP contribution is 2.29. The van der Waals surface area contributed by atoms with Gasteiger partial charge in [-0.1, -0.05) is 12.1 Å². The molecule has 0 unspecified atom stereocenters. The summed E-state index contributed by atoms with van der Waals surface area (Å²) in [5, 5.41) is 6.03. The highest BCUT2D eigenvalue weighted by molar-refractivity contribution is 6.10.